The number of ether oxygens (including phenoxy) is 2. The van der Waals surface area contributed by atoms with Gasteiger partial charge in [0.05, 0.1) is 39.3 Å². The van der Waals surface area contributed by atoms with Gasteiger partial charge in [-0.25, -0.2) is 32.3 Å². The number of aromatic nitrogens is 5. The fourth-order valence-corrected chi connectivity index (χ4v) is 3.54. The summed E-state index contributed by atoms with van der Waals surface area (Å²) in [6, 6.07) is 7.94. The molecular weight excluding hydrogens is 509 g/mol. The number of halogens is 3. The maximum Gasteiger partial charge on any atom is 0.355 e. The van der Waals surface area contributed by atoms with Crippen molar-refractivity contribution in [2.24, 2.45) is 0 Å². The van der Waals surface area contributed by atoms with Crippen LogP contribution in [0.15, 0.2) is 58.5 Å². The molecular formula is C24H21F3N6O5. The zero-order valence-corrected chi connectivity index (χ0v) is 20.2. The number of anilines is 2. The molecule has 0 fully saturated rings. The van der Waals surface area contributed by atoms with Gasteiger partial charge in [-0.2, -0.15) is 4.98 Å². The molecule has 0 atom stereocenters. The van der Waals surface area contributed by atoms with Crippen molar-refractivity contribution in [1.82, 2.24) is 23.7 Å². The summed E-state index contributed by atoms with van der Waals surface area (Å²) >= 11 is 0. The van der Waals surface area contributed by atoms with E-state index in [1.807, 2.05) is 0 Å². The minimum atomic E-state index is -1.65. The number of nitrogens with one attached hydrogen (secondary N) is 1. The van der Waals surface area contributed by atoms with Crippen molar-refractivity contribution < 1.29 is 27.4 Å². The van der Waals surface area contributed by atoms with Crippen molar-refractivity contribution in [2.45, 2.75) is 19.6 Å². The van der Waals surface area contributed by atoms with Crippen LogP contribution < -0.4 is 21.4 Å². The summed E-state index contributed by atoms with van der Waals surface area (Å²) in [6.07, 6.45) is 2.77. The third kappa shape index (κ3) is 5.74. The number of carbonyl (C=O) groups excluding carboxylic acids is 1. The molecule has 0 radical (unpaired) electrons. The Hall–Kier alpha value is -4.88. The Labute approximate surface area is 212 Å². The Morgan fingerprint density at radius 2 is 1.68 bits per heavy atom. The van der Waals surface area contributed by atoms with Gasteiger partial charge in [-0.3, -0.25) is 9.36 Å². The Balaban J connectivity index is 1.75. The first-order chi connectivity index (χ1) is 18.2. The molecule has 0 spiro atoms. The molecule has 2 aromatic heterocycles. The van der Waals surface area contributed by atoms with E-state index in [1.54, 1.807) is 24.3 Å². The highest BCUT2D eigenvalue weighted by Crippen LogP contribution is 2.19. The van der Waals surface area contributed by atoms with Gasteiger partial charge in [-0.1, -0.05) is 0 Å². The smallest absolute Gasteiger partial charge is 0.355 e. The van der Waals surface area contributed by atoms with Gasteiger partial charge in [0.15, 0.2) is 17.5 Å². The third-order valence-electron chi connectivity index (χ3n) is 5.43. The highest BCUT2D eigenvalue weighted by molar-refractivity contribution is 5.68. The number of carbonyl (C=O) groups is 1. The van der Waals surface area contributed by atoms with Crippen molar-refractivity contribution in [3.8, 4) is 5.75 Å². The molecule has 0 unspecified atom stereocenters. The van der Waals surface area contributed by atoms with Gasteiger partial charge < -0.3 is 19.4 Å². The molecule has 2 heterocycles. The summed E-state index contributed by atoms with van der Waals surface area (Å²) < 4.78 is 54.1. The Bertz CT molecular complexity index is 1570. The molecule has 1 N–H and O–H groups in total. The van der Waals surface area contributed by atoms with Crippen LogP contribution in [0.2, 0.25) is 0 Å². The summed E-state index contributed by atoms with van der Waals surface area (Å²) in [7, 11) is 2.72. The van der Waals surface area contributed by atoms with E-state index in [0.29, 0.717) is 11.4 Å². The molecule has 198 valence electrons. The largest absolute Gasteiger partial charge is 0.497 e. The molecule has 0 aliphatic rings. The van der Waals surface area contributed by atoms with Crippen LogP contribution in [0.5, 0.6) is 5.75 Å². The molecule has 14 heteroatoms. The zero-order chi connectivity index (χ0) is 27.4. The maximum absolute atomic E-state index is 13.9. The number of rotatable bonds is 9. The second kappa shape index (κ2) is 11.0. The first-order valence-electron chi connectivity index (χ1n) is 11.0. The first-order valence-corrected chi connectivity index (χ1v) is 11.0. The molecule has 0 amide bonds. The van der Waals surface area contributed by atoms with Crippen molar-refractivity contribution in [1.29, 1.82) is 0 Å². The van der Waals surface area contributed by atoms with Crippen molar-refractivity contribution >= 4 is 17.6 Å². The second-order valence-electron chi connectivity index (χ2n) is 8.01. The molecule has 0 saturated carbocycles. The van der Waals surface area contributed by atoms with Crippen LogP contribution >= 0.6 is 0 Å². The standard InChI is InChI=1S/C24H21F3N6O5/c1-37-17-5-3-15(4-6-17)29-22-30-23(35)33(11-16-10-31(13-28-16)12-20(34)38-2)24(36)32(22)9-14-7-18(25)21(27)19(26)8-14/h3-8,10,13H,9,11-12H2,1-2H3,(H,29,30,35). The topological polar surface area (TPSA) is 122 Å². The summed E-state index contributed by atoms with van der Waals surface area (Å²) in [5, 5.41) is 2.84. The average molecular weight is 530 g/mol. The summed E-state index contributed by atoms with van der Waals surface area (Å²) in [5.41, 5.74) is -1.21. The lowest BCUT2D eigenvalue weighted by atomic mass is 10.2. The number of methoxy groups -OCH3 is 2. The molecule has 38 heavy (non-hydrogen) atoms. The van der Waals surface area contributed by atoms with E-state index < -0.39 is 41.3 Å². The second-order valence-corrected chi connectivity index (χ2v) is 8.01. The van der Waals surface area contributed by atoms with Gasteiger partial charge in [0.1, 0.15) is 12.3 Å². The van der Waals surface area contributed by atoms with Gasteiger partial charge in [0, 0.05) is 11.9 Å². The van der Waals surface area contributed by atoms with E-state index in [0.717, 1.165) is 21.3 Å². The van der Waals surface area contributed by atoms with E-state index in [2.05, 4.69) is 20.0 Å². The van der Waals surface area contributed by atoms with Gasteiger partial charge in [-0.05, 0) is 42.0 Å². The van der Waals surface area contributed by atoms with Crippen LogP contribution in [0.3, 0.4) is 0 Å². The molecule has 2 aromatic carbocycles. The van der Waals surface area contributed by atoms with Gasteiger partial charge in [0.25, 0.3) is 0 Å². The minimum Gasteiger partial charge on any atom is -0.497 e. The van der Waals surface area contributed by atoms with Crippen LogP contribution in [-0.2, 0) is 29.2 Å². The lowest BCUT2D eigenvalue weighted by Crippen LogP contribution is -2.43. The fraction of sp³-hybridized carbons (Fsp3) is 0.208. The normalized spacial score (nSPS) is 10.9. The highest BCUT2D eigenvalue weighted by Gasteiger charge is 2.18. The van der Waals surface area contributed by atoms with E-state index in [1.165, 1.54) is 31.3 Å². The van der Waals surface area contributed by atoms with Crippen LogP contribution in [0.1, 0.15) is 11.3 Å². The Kier molecular flexibility index (Phi) is 7.60. The molecule has 11 nitrogen and oxygen atoms in total. The van der Waals surface area contributed by atoms with Crippen molar-refractivity contribution in [2.75, 3.05) is 19.5 Å². The highest BCUT2D eigenvalue weighted by atomic mass is 19.2. The van der Waals surface area contributed by atoms with Crippen LogP contribution in [0, 0.1) is 17.5 Å². The minimum absolute atomic E-state index is 0.0874. The quantitative estimate of drug-likeness (QED) is 0.258. The van der Waals surface area contributed by atoms with Crippen molar-refractivity contribution in [3.63, 3.8) is 0 Å². The molecule has 4 aromatic rings. The van der Waals surface area contributed by atoms with E-state index in [-0.39, 0.29) is 30.3 Å². The van der Waals surface area contributed by atoms with Crippen LogP contribution in [0.4, 0.5) is 24.8 Å². The Morgan fingerprint density at radius 1 is 1.00 bits per heavy atom. The predicted molar refractivity (Wildman–Crippen MR) is 128 cm³/mol. The number of imidazole rings is 1. The Morgan fingerprint density at radius 3 is 2.32 bits per heavy atom. The number of benzene rings is 2. The van der Waals surface area contributed by atoms with Crippen LogP contribution in [0.25, 0.3) is 0 Å². The fourth-order valence-electron chi connectivity index (χ4n) is 3.54. The number of hydrogen-bond donors (Lipinski definition) is 1. The SMILES string of the molecule is COC(=O)Cn1cnc(Cn2c(=O)nc(Nc3ccc(OC)cc3)n(Cc3cc(F)c(F)c(F)c3)c2=O)c1. The van der Waals surface area contributed by atoms with Crippen molar-refractivity contribution in [3.05, 3.63) is 98.6 Å². The summed E-state index contributed by atoms with van der Waals surface area (Å²) in [6.45, 7) is -0.892. The number of esters is 1. The third-order valence-corrected chi connectivity index (χ3v) is 5.43. The molecule has 0 bridgehead atoms. The van der Waals surface area contributed by atoms with E-state index in [9.17, 15) is 27.6 Å². The zero-order valence-electron chi connectivity index (χ0n) is 20.2. The monoisotopic (exact) mass is 530 g/mol. The van der Waals surface area contributed by atoms with E-state index >= 15 is 0 Å². The lowest BCUT2D eigenvalue weighted by Gasteiger charge is -2.16. The number of hydrogen-bond acceptors (Lipinski definition) is 8. The molecule has 0 saturated heterocycles. The molecule has 0 aliphatic carbocycles. The lowest BCUT2D eigenvalue weighted by molar-refractivity contribution is -0.141. The van der Waals surface area contributed by atoms with Crippen LogP contribution in [-0.4, -0.2) is 43.9 Å². The van der Waals surface area contributed by atoms with Gasteiger partial charge in [-0.15, -0.1) is 0 Å². The summed E-state index contributed by atoms with van der Waals surface area (Å²) in [4.78, 5) is 45.8. The molecule has 4 rings (SSSR count). The summed E-state index contributed by atoms with van der Waals surface area (Å²) in [5.74, 6) is -4.71. The first kappa shape index (κ1) is 26.2. The number of nitrogens with zero attached hydrogens (tertiary/aromatic N) is 5. The van der Waals surface area contributed by atoms with Gasteiger partial charge >= 0.3 is 17.3 Å². The average Bonchev–Trinajstić information content (AvgIpc) is 3.34. The molecule has 0 aliphatic heterocycles. The van der Waals surface area contributed by atoms with E-state index in [4.69, 9.17) is 4.74 Å². The maximum atomic E-state index is 13.9. The predicted octanol–water partition coefficient (Wildman–Crippen LogP) is 2.04. The van der Waals surface area contributed by atoms with Gasteiger partial charge in [0.2, 0.25) is 5.95 Å².